The van der Waals surface area contributed by atoms with Crippen molar-refractivity contribution in [2.75, 3.05) is 0 Å². The van der Waals surface area contributed by atoms with Crippen LogP contribution in [0.1, 0.15) is 25.0 Å². The van der Waals surface area contributed by atoms with Gasteiger partial charge < -0.3 is 4.74 Å². The maximum absolute atomic E-state index is 5.66. The minimum atomic E-state index is 0.235. The van der Waals surface area contributed by atoms with Crippen molar-refractivity contribution >= 4 is 15.9 Å². The van der Waals surface area contributed by atoms with E-state index in [1.165, 1.54) is 11.1 Å². The fourth-order valence-corrected chi connectivity index (χ4v) is 1.57. The van der Waals surface area contributed by atoms with Crippen LogP contribution in [0.15, 0.2) is 16.6 Å². The number of rotatable bonds is 2. The van der Waals surface area contributed by atoms with E-state index in [1.54, 1.807) is 0 Å². The molecule has 0 heterocycles. The van der Waals surface area contributed by atoms with Gasteiger partial charge in [-0.1, -0.05) is 15.9 Å². The monoisotopic (exact) mass is 242 g/mol. The molecule has 1 aromatic carbocycles. The fourth-order valence-electron chi connectivity index (χ4n) is 1.14. The third kappa shape index (κ3) is 2.47. The Bertz CT molecular complexity index is 305. The zero-order chi connectivity index (χ0) is 10.0. The third-order valence-corrected chi connectivity index (χ3v) is 2.89. The molecule has 0 amide bonds. The number of hydrogen-bond donors (Lipinski definition) is 0. The molecule has 1 nitrogen and oxygen atoms in total. The van der Waals surface area contributed by atoms with Gasteiger partial charge in [-0.25, -0.2) is 0 Å². The van der Waals surface area contributed by atoms with Crippen molar-refractivity contribution in [1.29, 1.82) is 0 Å². The van der Waals surface area contributed by atoms with Crippen molar-refractivity contribution in [2.45, 2.75) is 33.8 Å². The summed E-state index contributed by atoms with van der Waals surface area (Å²) in [6.45, 7) is 8.25. The molecular formula is C11H15BrO. The van der Waals surface area contributed by atoms with Crippen LogP contribution in [0.4, 0.5) is 0 Å². The average molecular weight is 243 g/mol. The largest absolute Gasteiger partial charge is 0.491 e. The highest BCUT2D eigenvalue weighted by atomic mass is 79.9. The van der Waals surface area contributed by atoms with Crippen LogP contribution in [0, 0.1) is 13.8 Å². The van der Waals surface area contributed by atoms with Crippen LogP contribution in [-0.4, -0.2) is 6.10 Å². The molecule has 0 spiro atoms. The lowest BCUT2D eigenvalue weighted by atomic mass is 10.1. The summed E-state index contributed by atoms with van der Waals surface area (Å²) >= 11 is 3.49. The molecule has 1 rings (SSSR count). The molecule has 0 aliphatic rings. The van der Waals surface area contributed by atoms with Gasteiger partial charge in [-0.15, -0.1) is 0 Å². The second-order valence-electron chi connectivity index (χ2n) is 3.46. The number of ether oxygens (including phenoxy) is 1. The molecule has 0 aromatic heterocycles. The predicted molar refractivity (Wildman–Crippen MR) is 59.4 cm³/mol. The molecule has 0 N–H and O–H groups in total. The molecule has 0 saturated heterocycles. The lowest BCUT2D eigenvalue weighted by molar-refractivity contribution is 0.240. The summed E-state index contributed by atoms with van der Waals surface area (Å²) < 4.78 is 6.80. The lowest BCUT2D eigenvalue weighted by Crippen LogP contribution is -2.07. The van der Waals surface area contributed by atoms with Crippen LogP contribution in [0.3, 0.4) is 0 Å². The lowest BCUT2D eigenvalue weighted by Gasteiger charge is -2.14. The average Bonchev–Trinajstić information content (AvgIpc) is 2.06. The number of benzene rings is 1. The molecule has 0 saturated carbocycles. The van der Waals surface area contributed by atoms with Crippen molar-refractivity contribution in [3.63, 3.8) is 0 Å². The highest BCUT2D eigenvalue weighted by Gasteiger charge is 2.06. The van der Waals surface area contributed by atoms with Crippen LogP contribution in [-0.2, 0) is 0 Å². The predicted octanol–water partition coefficient (Wildman–Crippen LogP) is 3.85. The highest BCUT2D eigenvalue weighted by Crippen LogP contribution is 2.27. The summed E-state index contributed by atoms with van der Waals surface area (Å²) in [4.78, 5) is 0. The van der Waals surface area contributed by atoms with Gasteiger partial charge in [0.25, 0.3) is 0 Å². The van der Waals surface area contributed by atoms with Gasteiger partial charge in [-0.3, -0.25) is 0 Å². The van der Waals surface area contributed by atoms with Gasteiger partial charge in [0.15, 0.2) is 0 Å². The molecule has 0 atom stereocenters. The van der Waals surface area contributed by atoms with Crippen molar-refractivity contribution in [3.8, 4) is 5.75 Å². The summed E-state index contributed by atoms with van der Waals surface area (Å²) in [5, 5.41) is 0. The Morgan fingerprint density at radius 2 is 1.77 bits per heavy atom. The van der Waals surface area contributed by atoms with E-state index in [-0.39, 0.29) is 6.10 Å². The van der Waals surface area contributed by atoms with E-state index >= 15 is 0 Å². The van der Waals surface area contributed by atoms with Crippen LogP contribution in [0.5, 0.6) is 5.75 Å². The standard InChI is InChI=1S/C11H15BrO/c1-7(2)13-11-6-5-10(12)8(3)9(11)4/h5-7H,1-4H3. The summed E-state index contributed by atoms with van der Waals surface area (Å²) in [5.74, 6) is 0.982. The zero-order valence-electron chi connectivity index (χ0n) is 8.52. The van der Waals surface area contributed by atoms with Crippen LogP contribution in [0.2, 0.25) is 0 Å². The smallest absolute Gasteiger partial charge is 0.122 e. The molecule has 0 aliphatic carbocycles. The first-order chi connectivity index (χ1) is 6.02. The molecule has 2 heteroatoms. The molecule has 13 heavy (non-hydrogen) atoms. The zero-order valence-corrected chi connectivity index (χ0v) is 10.1. The van der Waals surface area contributed by atoms with Gasteiger partial charge in [-0.2, -0.15) is 0 Å². The third-order valence-electron chi connectivity index (χ3n) is 2.03. The van der Waals surface area contributed by atoms with Crippen molar-refractivity contribution in [3.05, 3.63) is 27.7 Å². The van der Waals surface area contributed by atoms with Crippen molar-refractivity contribution in [2.24, 2.45) is 0 Å². The van der Waals surface area contributed by atoms with E-state index in [1.807, 2.05) is 26.0 Å². The quantitative estimate of drug-likeness (QED) is 0.766. The molecule has 0 fully saturated rings. The Kier molecular flexibility index (Phi) is 3.37. The summed E-state index contributed by atoms with van der Waals surface area (Å²) in [6.07, 6.45) is 0.235. The highest BCUT2D eigenvalue weighted by molar-refractivity contribution is 9.10. The Hall–Kier alpha value is -0.500. The second kappa shape index (κ2) is 4.14. The van der Waals surface area contributed by atoms with Gasteiger partial charge in [0.1, 0.15) is 5.75 Å². The second-order valence-corrected chi connectivity index (χ2v) is 4.32. The summed E-state index contributed by atoms with van der Waals surface area (Å²) in [7, 11) is 0. The number of hydrogen-bond acceptors (Lipinski definition) is 1. The first-order valence-corrected chi connectivity index (χ1v) is 5.24. The maximum atomic E-state index is 5.66. The Morgan fingerprint density at radius 3 is 2.31 bits per heavy atom. The van der Waals surface area contributed by atoms with E-state index < -0.39 is 0 Å². The van der Waals surface area contributed by atoms with Crippen LogP contribution < -0.4 is 4.74 Å². The minimum absolute atomic E-state index is 0.235. The van der Waals surface area contributed by atoms with Gasteiger partial charge in [0.2, 0.25) is 0 Å². The molecule has 72 valence electrons. The van der Waals surface area contributed by atoms with Crippen LogP contribution in [0.25, 0.3) is 0 Å². The van der Waals surface area contributed by atoms with Gasteiger partial charge in [0, 0.05) is 4.47 Å². The van der Waals surface area contributed by atoms with Gasteiger partial charge >= 0.3 is 0 Å². The SMILES string of the molecule is Cc1c(Br)ccc(OC(C)C)c1C. The van der Waals surface area contributed by atoms with E-state index in [0.717, 1.165) is 10.2 Å². The normalized spacial score (nSPS) is 10.6. The molecular weight excluding hydrogens is 228 g/mol. The first kappa shape index (κ1) is 10.6. The molecule has 0 bridgehead atoms. The molecule has 0 radical (unpaired) electrons. The molecule has 0 unspecified atom stereocenters. The molecule has 1 aromatic rings. The summed E-state index contributed by atoms with van der Waals surface area (Å²) in [6, 6.07) is 4.03. The van der Waals surface area contributed by atoms with E-state index in [0.29, 0.717) is 0 Å². The topological polar surface area (TPSA) is 9.23 Å². The van der Waals surface area contributed by atoms with E-state index in [4.69, 9.17) is 4.74 Å². The van der Waals surface area contributed by atoms with Crippen LogP contribution >= 0.6 is 15.9 Å². The Balaban J connectivity index is 3.04. The van der Waals surface area contributed by atoms with Crippen molar-refractivity contribution in [1.82, 2.24) is 0 Å². The van der Waals surface area contributed by atoms with Gasteiger partial charge in [0.05, 0.1) is 6.10 Å². The van der Waals surface area contributed by atoms with Crippen molar-refractivity contribution < 1.29 is 4.74 Å². The molecule has 0 aliphatic heterocycles. The maximum Gasteiger partial charge on any atom is 0.122 e. The Morgan fingerprint density at radius 1 is 1.15 bits per heavy atom. The summed E-state index contributed by atoms with van der Waals surface area (Å²) in [5.41, 5.74) is 2.46. The minimum Gasteiger partial charge on any atom is -0.491 e. The first-order valence-electron chi connectivity index (χ1n) is 4.44. The van der Waals surface area contributed by atoms with E-state index in [2.05, 4.69) is 29.8 Å². The van der Waals surface area contributed by atoms with Gasteiger partial charge in [-0.05, 0) is 51.0 Å². The fraction of sp³-hybridized carbons (Fsp3) is 0.455. The van der Waals surface area contributed by atoms with E-state index in [9.17, 15) is 0 Å². The Labute approximate surface area is 88.2 Å². The number of halogens is 1.